The predicted octanol–water partition coefficient (Wildman–Crippen LogP) is 3.26. The number of benzene rings is 2. The van der Waals surface area contributed by atoms with Crippen molar-refractivity contribution < 1.29 is 24.2 Å². The van der Waals surface area contributed by atoms with E-state index in [1.165, 1.54) is 37.4 Å². The maximum absolute atomic E-state index is 12.7. The second-order valence-electron chi connectivity index (χ2n) is 5.86. The number of methoxy groups -OCH3 is 1. The molecule has 0 fully saturated rings. The Kier molecular flexibility index (Phi) is 5.58. The van der Waals surface area contributed by atoms with Crippen LogP contribution in [0.4, 0.5) is 5.69 Å². The number of amides is 2. The Labute approximate surface area is 170 Å². The number of ether oxygens (including phenoxy) is 1. The number of phenols is 1. The zero-order valence-corrected chi connectivity index (χ0v) is 16.0. The predicted molar refractivity (Wildman–Crippen MR) is 103 cm³/mol. The largest absolute Gasteiger partial charge is 0.506 e. The fourth-order valence-corrected chi connectivity index (χ4v) is 2.99. The average molecular weight is 421 g/mol. The van der Waals surface area contributed by atoms with Gasteiger partial charge in [0.05, 0.1) is 24.9 Å². The molecule has 2 aromatic rings. The second-order valence-corrected chi connectivity index (χ2v) is 6.67. The molecule has 0 unspecified atom stereocenters. The number of esters is 1. The van der Waals surface area contributed by atoms with E-state index in [0.717, 1.165) is 4.90 Å². The number of imide groups is 1. The van der Waals surface area contributed by atoms with Gasteiger partial charge < -0.3 is 15.2 Å². The van der Waals surface area contributed by atoms with Crippen molar-refractivity contribution in [1.29, 1.82) is 0 Å². The summed E-state index contributed by atoms with van der Waals surface area (Å²) < 4.78 is 4.63. The number of anilines is 1. The highest BCUT2D eigenvalue weighted by Gasteiger charge is 2.38. The van der Waals surface area contributed by atoms with Crippen molar-refractivity contribution in [3.63, 3.8) is 0 Å². The molecule has 1 aliphatic heterocycles. The molecule has 0 saturated carbocycles. The molecule has 0 atom stereocenters. The van der Waals surface area contributed by atoms with Crippen molar-refractivity contribution in [3.8, 4) is 5.75 Å². The highest BCUT2D eigenvalue weighted by Crippen LogP contribution is 2.32. The maximum Gasteiger partial charge on any atom is 0.337 e. The van der Waals surface area contributed by atoms with Crippen LogP contribution >= 0.6 is 23.2 Å². The zero-order valence-electron chi connectivity index (χ0n) is 14.5. The van der Waals surface area contributed by atoms with E-state index in [4.69, 9.17) is 23.2 Å². The van der Waals surface area contributed by atoms with E-state index >= 15 is 0 Å². The van der Waals surface area contributed by atoms with Gasteiger partial charge in [-0.05, 0) is 35.9 Å². The van der Waals surface area contributed by atoms with E-state index in [0.29, 0.717) is 16.1 Å². The van der Waals surface area contributed by atoms with Gasteiger partial charge in [-0.2, -0.15) is 0 Å². The standard InChI is InChI=1S/C19H14Cl2N2O5/c1-28-19(27)11-4-2-10(3-5-11)9-23-17(25)15(21)16(18(23)26)22-13-8-12(20)6-7-14(13)24/h2-8,22,24H,9H2,1H3. The van der Waals surface area contributed by atoms with Gasteiger partial charge in [0.2, 0.25) is 0 Å². The van der Waals surface area contributed by atoms with E-state index in [9.17, 15) is 19.5 Å². The molecule has 0 spiro atoms. The highest BCUT2D eigenvalue weighted by molar-refractivity contribution is 6.48. The molecule has 144 valence electrons. The molecule has 0 aliphatic carbocycles. The summed E-state index contributed by atoms with van der Waals surface area (Å²) >= 11 is 11.9. The first-order chi connectivity index (χ1) is 13.3. The Morgan fingerprint density at radius 1 is 1.11 bits per heavy atom. The Morgan fingerprint density at radius 3 is 2.43 bits per heavy atom. The molecule has 0 radical (unpaired) electrons. The molecule has 0 aromatic heterocycles. The Balaban J connectivity index is 1.79. The summed E-state index contributed by atoms with van der Waals surface area (Å²) in [5.41, 5.74) is 0.951. The Bertz CT molecular complexity index is 1000. The van der Waals surface area contributed by atoms with Crippen LogP contribution < -0.4 is 5.32 Å². The monoisotopic (exact) mass is 420 g/mol. The van der Waals surface area contributed by atoms with Crippen molar-refractivity contribution >= 4 is 46.7 Å². The number of halogens is 2. The van der Waals surface area contributed by atoms with Crippen LogP contribution in [-0.2, 0) is 20.9 Å². The topological polar surface area (TPSA) is 95.9 Å². The van der Waals surface area contributed by atoms with Gasteiger partial charge in [-0.25, -0.2) is 4.79 Å². The van der Waals surface area contributed by atoms with Crippen LogP contribution in [0.15, 0.2) is 53.2 Å². The first-order valence-electron chi connectivity index (χ1n) is 8.00. The van der Waals surface area contributed by atoms with E-state index < -0.39 is 17.8 Å². The summed E-state index contributed by atoms with van der Waals surface area (Å²) in [7, 11) is 1.28. The molecular weight excluding hydrogens is 407 g/mol. The molecular formula is C19H14Cl2N2O5. The SMILES string of the molecule is COC(=O)c1ccc(CN2C(=O)C(Cl)=C(Nc3cc(Cl)ccc3O)C2=O)cc1. The average Bonchev–Trinajstić information content (AvgIpc) is 2.88. The molecule has 2 aromatic carbocycles. The van der Waals surface area contributed by atoms with E-state index in [1.807, 2.05) is 0 Å². The van der Waals surface area contributed by atoms with Crippen LogP contribution in [0.3, 0.4) is 0 Å². The quantitative estimate of drug-likeness (QED) is 0.437. The molecule has 0 bridgehead atoms. The molecule has 28 heavy (non-hydrogen) atoms. The van der Waals surface area contributed by atoms with Crippen molar-refractivity contribution in [3.05, 3.63) is 69.3 Å². The van der Waals surface area contributed by atoms with E-state index in [1.54, 1.807) is 12.1 Å². The number of hydrogen-bond acceptors (Lipinski definition) is 6. The normalized spacial score (nSPS) is 13.9. The third kappa shape index (κ3) is 3.81. The van der Waals surface area contributed by atoms with Gasteiger partial charge in [0.25, 0.3) is 11.8 Å². The lowest BCUT2D eigenvalue weighted by molar-refractivity contribution is -0.138. The number of rotatable bonds is 5. The van der Waals surface area contributed by atoms with Crippen LogP contribution in [0.1, 0.15) is 15.9 Å². The number of hydrogen-bond donors (Lipinski definition) is 2. The van der Waals surface area contributed by atoms with Crippen molar-refractivity contribution in [2.75, 3.05) is 12.4 Å². The minimum Gasteiger partial charge on any atom is -0.506 e. The lowest BCUT2D eigenvalue weighted by Gasteiger charge is -2.15. The summed E-state index contributed by atoms with van der Waals surface area (Å²) in [5, 5.41) is 12.6. The number of phenolic OH excluding ortho intramolecular Hbond substituents is 1. The first-order valence-corrected chi connectivity index (χ1v) is 8.76. The van der Waals surface area contributed by atoms with Gasteiger partial charge >= 0.3 is 5.97 Å². The Hall–Kier alpha value is -3.03. The van der Waals surface area contributed by atoms with Crippen LogP contribution in [0.2, 0.25) is 5.02 Å². The maximum atomic E-state index is 12.7. The van der Waals surface area contributed by atoms with Gasteiger partial charge in [0, 0.05) is 5.02 Å². The molecule has 9 heteroatoms. The fourth-order valence-electron chi connectivity index (χ4n) is 2.59. The number of aromatic hydroxyl groups is 1. The fraction of sp³-hybridized carbons (Fsp3) is 0.105. The summed E-state index contributed by atoms with van der Waals surface area (Å²) in [4.78, 5) is 37.5. The number of nitrogens with zero attached hydrogens (tertiary/aromatic N) is 1. The number of nitrogens with one attached hydrogen (secondary N) is 1. The van der Waals surface area contributed by atoms with Crippen LogP contribution in [0, 0.1) is 0 Å². The summed E-state index contributed by atoms with van der Waals surface area (Å²) in [6.07, 6.45) is 0. The van der Waals surface area contributed by atoms with Gasteiger partial charge in [0.1, 0.15) is 16.5 Å². The lowest BCUT2D eigenvalue weighted by atomic mass is 10.1. The smallest absolute Gasteiger partial charge is 0.337 e. The van der Waals surface area contributed by atoms with Crippen LogP contribution in [-0.4, -0.2) is 34.9 Å². The molecule has 1 heterocycles. The minimum atomic E-state index is -0.673. The minimum absolute atomic E-state index is 0.0396. The molecule has 2 N–H and O–H groups in total. The third-order valence-electron chi connectivity index (χ3n) is 4.05. The van der Waals surface area contributed by atoms with Crippen molar-refractivity contribution in [2.45, 2.75) is 6.54 Å². The van der Waals surface area contributed by atoms with Crippen LogP contribution in [0.5, 0.6) is 5.75 Å². The summed E-state index contributed by atoms with van der Waals surface area (Å²) in [6.45, 7) is -0.0396. The zero-order chi connectivity index (χ0) is 20.4. The third-order valence-corrected chi connectivity index (χ3v) is 4.63. The lowest BCUT2D eigenvalue weighted by Crippen LogP contribution is -2.31. The van der Waals surface area contributed by atoms with Crippen LogP contribution in [0.25, 0.3) is 0 Å². The molecule has 2 amide bonds. The highest BCUT2D eigenvalue weighted by atomic mass is 35.5. The first kappa shape index (κ1) is 19.7. The Morgan fingerprint density at radius 2 is 1.79 bits per heavy atom. The van der Waals surface area contributed by atoms with Gasteiger partial charge in [-0.1, -0.05) is 35.3 Å². The second kappa shape index (κ2) is 7.92. The van der Waals surface area contributed by atoms with E-state index in [2.05, 4.69) is 10.1 Å². The van der Waals surface area contributed by atoms with Crippen molar-refractivity contribution in [1.82, 2.24) is 4.90 Å². The summed E-state index contributed by atoms with van der Waals surface area (Å²) in [5.74, 6) is -1.96. The molecule has 1 aliphatic rings. The van der Waals surface area contributed by atoms with Crippen molar-refractivity contribution in [2.24, 2.45) is 0 Å². The molecule has 7 nitrogen and oxygen atoms in total. The number of carbonyl (C=O) groups is 3. The van der Waals surface area contributed by atoms with Gasteiger partial charge in [0.15, 0.2) is 0 Å². The van der Waals surface area contributed by atoms with Gasteiger partial charge in [-0.15, -0.1) is 0 Å². The van der Waals surface area contributed by atoms with Gasteiger partial charge in [-0.3, -0.25) is 14.5 Å². The summed E-state index contributed by atoms with van der Waals surface area (Å²) in [6, 6.07) is 10.5. The number of carbonyl (C=O) groups excluding carboxylic acids is 3. The molecule has 0 saturated heterocycles. The molecule has 3 rings (SSSR count). The van der Waals surface area contributed by atoms with E-state index in [-0.39, 0.29) is 28.7 Å².